The van der Waals surface area contributed by atoms with Crippen LogP contribution in [0.1, 0.15) is 37.4 Å². The predicted octanol–water partition coefficient (Wildman–Crippen LogP) is 7.71. The van der Waals surface area contributed by atoms with Gasteiger partial charge in [-0.3, -0.25) is 19.7 Å². The lowest BCUT2D eigenvalue weighted by molar-refractivity contribution is -0.389. The fraction of sp³-hybridized carbons (Fsp3) is 0.269. The van der Waals surface area contributed by atoms with Crippen LogP contribution in [0.3, 0.4) is 0 Å². The number of nitro benzene ring substituents is 1. The van der Waals surface area contributed by atoms with E-state index in [1.807, 2.05) is 0 Å². The topological polar surface area (TPSA) is 105 Å². The van der Waals surface area contributed by atoms with Gasteiger partial charge in [-0.15, -0.1) is 0 Å². The number of halogens is 10. The van der Waals surface area contributed by atoms with Crippen molar-refractivity contribution in [3.05, 3.63) is 91.7 Å². The van der Waals surface area contributed by atoms with Gasteiger partial charge in [0.1, 0.15) is 16.4 Å². The highest BCUT2D eigenvalue weighted by Crippen LogP contribution is 2.58. The normalized spacial score (nSPS) is 13.7. The van der Waals surface area contributed by atoms with Gasteiger partial charge in [-0.05, 0) is 49.2 Å². The number of alkyl halides is 9. The summed E-state index contributed by atoms with van der Waals surface area (Å²) in [5, 5.41) is 13.9. The highest BCUT2D eigenvalue weighted by atomic mass is 35.5. The van der Waals surface area contributed by atoms with Crippen molar-refractivity contribution in [3.63, 3.8) is 0 Å². The van der Waals surface area contributed by atoms with Gasteiger partial charge < -0.3 is 10.2 Å². The maximum absolute atomic E-state index is 15.0. The summed E-state index contributed by atoms with van der Waals surface area (Å²) in [6.45, 7) is 1.76. The minimum atomic E-state index is -6.94. The average Bonchev–Trinajstić information content (AvgIpc) is 2.91. The molecule has 0 saturated heterocycles. The molecule has 0 fully saturated rings. The van der Waals surface area contributed by atoms with E-state index >= 15 is 0 Å². The van der Waals surface area contributed by atoms with Gasteiger partial charge in [0.15, 0.2) is 0 Å². The van der Waals surface area contributed by atoms with Crippen molar-refractivity contribution in [1.29, 1.82) is 0 Å². The molecule has 0 aliphatic rings. The smallest absolute Gasteiger partial charge is 0.321 e. The van der Waals surface area contributed by atoms with E-state index in [2.05, 4.69) is 10.3 Å². The molecule has 0 aliphatic carbocycles. The van der Waals surface area contributed by atoms with Crippen LogP contribution >= 0.6 is 11.6 Å². The van der Waals surface area contributed by atoms with Crippen LogP contribution < -0.4 is 10.2 Å². The van der Waals surface area contributed by atoms with Crippen molar-refractivity contribution in [2.75, 3.05) is 17.3 Å². The molecule has 2 amide bonds. The first kappa shape index (κ1) is 34.1. The van der Waals surface area contributed by atoms with Gasteiger partial charge in [0, 0.05) is 24.5 Å². The Labute approximate surface area is 246 Å². The van der Waals surface area contributed by atoms with Gasteiger partial charge in [-0.25, -0.2) is 9.37 Å². The Hall–Kier alpha value is -4.41. The van der Waals surface area contributed by atoms with E-state index in [9.17, 15) is 59.2 Å². The van der Waals surface area contributed by atoms with Crippen molar-refractivity contribution in [2.24, 2.45) is 0 Å². The summed E-state index contributed by atoms with van der Waals surface area (Å²) in [6, 6.07) is 5.95. The Balaban J connectivity index is 2.09. The van der Waals surface area contributed by atoms with E-state index < -0.39 is 80.0 Å². The maximum atomic E-state index is 15.0. The number of carbonyl (C=O) groups excluding carboxylic acids is 2. The van der Waals surface area contributed by atoms with Crippen molar-refractivity contribution in [2.45, 2.75) is 37.8 Å². The number of benzene rings is 2. The van der Waals surface area contributed by atoms with Crippen LogP contribution in [-0.2, 0) is 5.67 Å². The molecule has 44 heavy (non-hydrogen) atoms. The Morgan fingerprint density at radius 3 is 1.93 bits per heavy atom. The van der Waals surface area contributed by atoms with Crippen LogP contribution in [0.4, 0.5) is 56.6 Å². The molecule has 18 heteroatoms. The minimum absolute atomic E-state index is 0.0463. The summed E-state index contributed by atoms with van der Waals surface area (Å²) >= 11 is 5.93. The lowest BCUT2D eigenvalue weighted by Gasteiger charge is -2.36. The molecule has 2 aromatic carbocycles. The first-order valence-electron chi connectivity index (χ1n) is 11.9. The number of nitrogens with zero attached hydrogens (tertiary/aromatic N) is 3. The fourth-order valence-electron chi connectivity index (χ4n) is 4.27. The molecule has 1 N–H and O–H groups in total. The number of amides is 2. The molecule has 1 aromatic heterocycles. The van der Waals surface area contributed by atoms with Crippen molar-refractivity contribution in [1.82, 2.24) is 4.98 Å². The van der Waals surface area contributed by atoms with E-state index in [1.54, 1.807) is 0 Å². The third-order valence-electron chi connectivity index (χ3n) is 6.45. The molecular formula is C26H18ClF9N4O4. The summed E-state index contributed by atoms with van der Waals surface area (Å²) in [5.74, 6) is -9.06. The SMILES string of the molecule is Cc1cc(C(F)(C(F)(F)F)C(F)(F)C(F)(F)F)cc(C)c1NC(=O)c1cccc(N(C)C(=O)c2cccnc2Cl)c1[N+](=O)[O-]. The lowest BCUT2D eigenvalue weighted by Crippen LogP contribution is -2.59. The third kappa shape index (κ3) is 5.75. The number of aromatic nitrogens is 1. The molecule has 0 radical (unpaired) electrons. The van der Waals surface area contributed by atoms with E-state index in [1.165, 1.54) is 18.3 Å². The number of aryl methyl sites for hydroxylation is 2. The van der Waals surface area contributed by atoms with Crippen LogP contribution in [0, 0.1) is 24.0 Å². The number of para-hydroxylation sites is 1. The number of anilines is 2. The summed E-state index contributed by atoms with van der Waals surface area (Å²) < 4.78 is 122. The van der Waals surface area contributed by atoms with Gasteiger partial charge in [0.2, 0.25) is 0 Å². The molecule has 3 aromatic rings. The summed E-state index contributed by atoms with van der Waals surface area (Å²) in [6.07, 6.45) is -12.4. The summed E-state index contributed by atoms with van der Waals surface area (Å²) in [7, 11) is 1.13. The molecule has 236 valence electrons. The Morgan fingerprint density at radius 1 is 0.909 bits per heavy atom. The summed E-state index contributed by atoms with van der Waals surface area (Å²) in [4.78, 5) is 41.7. The van der Waals surface area contributed by atoms with Crippen LogP contribution in [0.2, 0.25) is 5.15 Å². The van der Waals surface area contributed by atoms with Crippen molar-refractivity contribution >= 4 is 40.5 Å². The zero-order valence-corrected chi connectivity index (χ0v) is 23.1. The second-order valence-corrected chi connectivity index (χ2v) is 9.66. The Bertz CT molecular complexity index is 1620. The average molecular weight is 657 g/mol. The van der Waals surface area contributed by atoms with Gasteiger partial charge in [-0.1, -0.05) is 29.8 Å². The number of carbonyl (C=O) groups is 2. The monoisotopic (exact) mass is 656 g/mol. The zero-order chi connectivity index (χ0) is 33.6. The molecule has 1 unspecified atom stereocenters. The van der Waals surface area contributed by atoms with Crippen LogP contribution in [-0.4, -0.2) is 47.0 Å². The second kappa shape index (κ2) is 11.6. The minimum Gasteiger partial charge on any atom is -0.321 e. The first-order chi connectivity index (χ1) is 20.1. The van der Waals surface area contributed by atoms with Crippen LogP contribution in [0.15, 0.2) is 48.7 Å². The molecule has 0 spiro atoms. The van der Waals surface area contributed by atoms with Gasteiger partial charge in [0.05, 0.1) is 10.5 Å². The highest BCUT2D eigenvalue weighted by molar-refractivity contribution is 6.33. The molecule has 1 heterocycles. The number of hydrogen-bond donors (Lipinski definition) is 1. The number of nitrogens with one attached hydrogen (secondary N) is 1. The highest BCUT2D eigenvalue weighted by Gasteiger charge is 2.81. The molecule has 0 saturated carbocycles. The largest absolute Gasteiger partial charge is 0.457 e. The van der Waals surface area contributed by atoms with Gasteiger partial charge in [0.25, 0.3) is 11.8 Å². The quantitative estimate of drug-likeness (QED) is 0.121. The fourth-order valence-corrected chi connectivity index (χ4v) is 4.47. The van der Waals surface area contributed by atoms with Crippen LogP contribution in [0.5, 0.6) is 0 Å². The number of rotatable bonds is 7. The van der Waals surface area contributed by atoms with Gasteiger partial charge >= 0.3 is 29.6 Å². The molecule has 0 bridgehead atoms. The third-order valence-corrected chi connectivity index (χ3v) is 6.75. The van der Waals surface area contributed by atoms with E-state index in [0.29, 0.717) is 0 Å². The predicted molar refractivity (Wildman–Crippen MR) is 139 cm³/mol. The Kier molecular flexibility index (Phi) is 8.98. The van der Waals surface area contributed by atoms with E-state index in [4.69, 9.17) is 11.6 Å². The number of pyridine rings is 1. The molecular weight excluding hydrogens is 639 g/mol. The Morgan fingerprint density at radius 2 is 1.45 bits per heavy atom. The van der Waals surface area contributed by atoms with Crippen molar-refractivity contribution < 1.29 is 54.0 Å². The van der Waals surface area contributed by atoms with E-state index in [0.717, 1.165) is 44.0 Å². The second-order valence-electron chi connectivity index (χ2n) is 9.30. The van der Waals surface area contributed by atoms with Gasteiger partial charge in [-0.2, -0.15) is 35.1 Å². The number of nitro groups is 1. The number of hydrogen-bond acceptors (Lipinski definition) is 5. The summed E-state index contributed by atoms with van der Waals surface area (Å²) in [5.41, 5.74) is -12.1. The molecule has 0 aliphatic heterocycles. The first-order valence-corrected chi connectivity index (χ1v) is 12.2. The molecule has 3 rings (SSSR count). The molecule has 8 nitrogen and oxygen atoms in total. The zero-order valence-electron chi connectivity index (χ0n) is 22.4. The van der Waals surface area contributed by atoms with Crippen molar-refractivity contribution in [3.8, 4) is 0 Å². The van der Waals surface area contributed by atoms with E-state index in [-0.39, 0.29) is 22.8 Å². The molecule has 1 atom stereocenters. The maximum Gasteiger partial charge on any atom is 0.457 e. The standard InChI is InChI=1S/C26H18ClF9N4O4/c1-12-10-14(23(28,25(31,32)33)24(29,30)26(34,35)36)11-13(2)18(12)38-21(41)15-6-4-8-17(19(15)40(43)44)39(3)22(42)16-7-5-9-37-20(16)27/h4-11H,1-3H3,(H,38,41). The lowest BCUT2D eigenvalue weighted by atomic mass is 9.85. The van der Waals surface area contributed by atoms with Crippen LogP contribution in [0.25, 0.3) is 0 Å².